The molecule has 1 heterocycles. The summed E-state index contributed by atoms with van der Waals surface area (Å²) in [6, 6.07) is 8.83. The van der Waals surface area contributed by atoms with Gasteiger partial charge in [-0.2, -0.15) is 4.31 Å². The van der Waals surface area contributed by atoms with E-state index in [1.807, 2.05) is 0 Å². The van der Waals surface area contributed by atoms with E-state index in [0.29, 0.717) is 35.6 Å². The molecule has 0 bridgehead atoms. The van der Waals surface area contributed by atoms with Crippen molar-refractivity contribution < 1.29 is 27.6 Å². The van der Waals surface area contributed by atoms with E-state index in [0.717, 1.165) is 6.07 Å². The molecule has 0 aromatic heterocycles. The molecular weight excluding hydrogens is 438 g/mol. The van der Waals surface area contributed by atoms with Crippen LogP contribution in [-0.4, -0.2) is 50.9 Å². The van der Waals surface area contributed by atoms with E-state index >= 15 is 0 Å². The lowest BCUT2D eigenvalue weighted by atomic mass is 9.97. The molecule has 2 aromatic rings. The molecule has 1 saturated heterocycles. The molecule has 1 aliphatic heterocycles. The van der Waals surface area contributed by atoms with Crippen molar-refractivity contribution in [3.63, 3.8) is 0 Å². The van der Waals surface area contributed by atoms with Crippen molar-refractivity contribution in [2.45, 2.75) is 24.7 Å². The number of sulfonamides is 1. The molecule has 1 amide bonds. The number of amides is 1. The fourth-order valence-electron chi connectivity index (χ4n) is 3.61. The van der Waals surface area contributed by atoms with Crippen LogP contribution in [0.5, 0.6) is 11.5 Å². The molecule has 2 aromatic carbocycles. The van der Waals surface area contributed by atoms with Crippen molar-refractivity contribution in [1.29, 1.82) is 0 Å². The Morgan fingerprint density at radius 1 is 1.12 bits per heavy atom. The van der Waals surface area contributed by atoms with Gasteiger partial charge < -0.3 is 14.8 Å². The predicted octanol–water partition coefficient (Wildman–Crippen LogP) is 2.96. The average molecular weight is 464 g/mol. The van der Waals surface area contributed by atoms with E-state index in [9.17, 15) is 23.3 Å². The molecule has 1 N–H and O–H groups in total. The zero-order valence-corrected chi connectivity index (χ0v) is 18.8. The summed E-state index contributed by atoms with van der Waals surface area (Å²) in [5.41, 5.74) is 0.652. The van der Waals surface area contributed by atoms with Crippen molar-refractivity contribution in [2.24, 2.45) is 5.92 Å². The maximum Gasteiger partial charge on any atom is 0.270 e. The van der Waals surface area contributed by atoms with Crippen LogP contribution in [0.25, 0.3) is 0 Å². The summed E-state index contributed by atoms with van der Waals surface area (Å²) >= 11 is 0. The third-order valence-electron chi connectivity index (χ3n) is 5.49. The first-order valence-electron chi connectivity index (χ1n) is 9.95. The molecule has 1 fully saturated rings. The second-order valence-corrected chi connectivity index (χ2v) is 9.35. The van der Waals surface area contributed by atoms with E-state index < -0.39 is 14.9 Å². The normalized spacial score (nSPS) is 15.2. The number of hydrogen-bond acceptors (Lipinski definition) is 7. The van der Waals surface area contributed by atoms with Crippen molar-refractivity contribution >= 4 is 27.3 Å². The highest BCUT2D eigenvalue weighted by molar-refractivity contribution is 7.89. The second kappa shape index (κ2) is 9.53. The largest absolute Gasteiger partial charge is 0.497 e. The Bertz CT molecular complexity index is 1130. The zero-order valence-electron chi connectivity index (χ0n) is 18.0. The summed E-state index contributed by atoms with van der Waals surface area (Å²) in [5.74, 6) is 0.449. The smallest absolute Gasteiger partial charge is 0.270 e. The minimum atomic E-state index is -3.91. The second-order valence-electron chi connectivity index (χ2n) is 7.44. The molecule has 0 atom stereocenters. The number of hydrogen-bond donors (Lipinski definition) is 1. The molecular formula is C21H25N3O7S. The van der Waals surface area contributed by atoms with Gasteiger partial charge in [0.1, 0.15) is 11.5 Å². The molecule has 0 radical (unpaired) electrons. The number of carbonyl (C=O) groups is 1. The predicted molar refractivity (Wildman–Crippen MR) is 117 cm³/mol. The SMILES string of the molecule is COc1ccc(NC(=O)C2CCN(S(=O)(=O)c3cc([N+](=O)[O-])ccc3C)CC2)c(OC)c1. The van der Waals surface area contributed by atoms with Crippen LogP contribution in [0.1, 0.15) is 18.4 Å². The number of non-ortho nitro benzene ring substituents is 1. The average Bonchev–Trinajstić information content (AvgIpc) is 2.79. The number of piperidine rings is 1. The molecule has 0 aliphatic carbocycles. The van der Waals surface area contributed by atoms with Crippen LogP contribution < -0.4 is 14.8 Å². The number of ether oxygens (including phenoxy) is 2. The lowest BCUT2D eigenvalue weighted by Gasteiger charge is -2.31. The van der Waals surface area contributed by atoms with Gasteiger partial charge in [0.05, 0.1) is 29.7 Å². The Hall–Kier alpha value is -3.18. The van der Waals surface area contributed by atoms with Crippen LogP contribution >= 0.6 is 0 Å². The van der Waals surface area contributed by atoms with E-state index in [1.165, 1.54) is 30.7 Å². The lowest BCUT2D eigenvalue weighted by Crippen LogP contribution is -2.41. The number of nitrogens with zero attached hydrogens (tertiary/aromatic N) is 2. The van der Waals surface area contributed by atoms with Gasteiger partial charge in [-0.15, -0.1) is 0 Å². The Morgan fingerprint density at radius 2 is 1.81 bits per heavy atom. The zero-order chi connectivity index (χ0) is 23.5. The van der Waals surface area contributed by atoms with Crippen LogP contribution in [0.15, 0.2) is 41.3 Å². The van der Waals surface area contributed by atoms with Gasteiger partial charge in [0, 0.05) is 37.2 Å². The molecule has 0 spiro atoms. The monoisotopic (exact) mass is 463 g/mol. The standard InChI is InChI=1S/C21H25N3O7S/c1-14-4-5-16(24(26)27)12-20(14)32(28,29)23-10-8-15(9-11-23)21(25)22-18-7-6-17(30-2)13-19(18)31-3/h4-7,12-13,15H,8-11H2,1-3H3,(H,22,25). The van der Waals surface area contributed by atoms with Gasteiger partial charge in [0.25, 0.3) is 5.69 Å². The molecule has 10 nitrogen and oxygen atoms in total. The Labute approximate surface area is 186 Å². The Kier molecular flexibility index (Phi) is 6.99. The van der Waals surface area contributed by atoms with Gasteiger partial charge in [0.15, 0.2) is 0 Å². The van der Waals surface area contributed by atoms with Gasteiger partial charge in [-0.05, 0) is 37.5 Å². The quantitative estimate of drug-likeness (QED) is 0.494. The summed E-state index contributed by atoms with van der Waals surface area (Å²) in [7, 11) is -0.890. The third-order valence-corrected chi connectivity index (χ3v) is 7.53. The fraction of sp³-hybridized carbons (Fsp3) is 0.381. The number of nitrogens with one attached hydrogen (secondary N) is 1. The number of methoxy groups -OCH3 is 2. The first kappa shape index (κ1) is 23.5. The lowest BCUT2D eigenvalue weighted by molar-refractivity contribution is -0.385. The van der Waals surface area contributed by atoms with Crippen LogP contribution in [0.3, 0.4) is 0 Å². The van der Waals surface area contributed by atoms with Crippen molar-refractivity contribution in [3.8, 4) is 11.5 Å². The van der Waals surface area contributed by atoms with E-state index in [1.54, 1.807) is 25.1 Å². The van der Waals surface area contributed by atoms with Gasteiger partial charge in [-0.1, -0.05) is 6.07 Å². The topological polar surface area (TPSA) is 128 Å². The minimum absolute atomic E-state index is 0.0856. The Balaban J connectivity index is 1.69. The summed E-state index contributed by atoms with van der Waals surface area (Å²) in [5, 5.41) is 13.9. The van der Waals surface area contributed by atoms with Crippen molar-refractivity contribution in [1.82, 2.24) is 4.31 Å². The fourth-order valence-corrected chi connectivity index (χ4v) is 5.33. The number of nitro benzene ring substituents is 1. The highest BCUT2D eigenvalue weighted by Gasteiger charge is 2.33. The first-order chi connectivity index (χ1) is 15.2. The van der Waals surface area contributed by atoms with E-state index in [-0.39, 0.29) is 35.5 Å². The molecule has 1 aliphatic rings. The summed E-state index contributed by atoms with van der Waals surface area (Å²) < 4.78 is 37.9. The number of carbonyl (C=O) groups excluding carboxylic acids is 1. The molecule has 3 rings (SSSR count). The van der Waals surface area contributed by atoms with Crippen LogP contribution in [0.4, 0.5) is 11.4 Å². The van der Waals surface area contributed by atoms with Crippen molar-refractivity contribution in [3.05, 3.63) is 52.1 Å². The van der Waals surface area contributed by atoms with Crippen LogP contribution in [0, 0.1) is 23.0 Å². The molecule has 11 heteroatoms. The number of anilines is 1. The molecule has 32 heavy (non-hydrogen) atoms. The number of nitro groups is 1. The number of aryl methyl sites for hydroxylation is 1. The highest BCUT2D eigenvalue weighted by atomic mass is 32.2. The third kappa shape index (κ3) is 4.83. The molecule has 0 unspecified atom stereocenters. The van der Waals surface area contributed by atoms with E-state index in [2.05, 4.69) is 5.32 Å². The van der Waals surface area contributed by atoms with Crippen LogP contribution in [0.2, 0.25) is 0 Å². The van der Waals surface area contributed by atoms with Gasteiger partial charge >= 0.3 is 0 Å². The summed E-state index contributed by atoms with van der Waals surface area (Å²) in [6.45, 7) is 1.88. The molecule has 0 saturated carbocycles. The van der Waals surface area contributed by atoms with Gasteiger partial charge in [-0.25, -0.2) is 8.42 Å². The van der Waals surface area contributed by atoms with Crippen LogP contribution in [-0.2, 0) is 14.8 Å². The number of rotatable bonds is 7. The van der Waals surface area contributed by atoms with Gasteiger partial charge in [0.2, 0.25) is 15.9 Å². The summed E-state index contributed by atoms with van der Waals surface area (Å²) in [6.07, 6.45) is 0.662. The minimum Gasteiger partial charge on any atom is -0.497 e. The molecule has 172 valence electrons. The first-order valence-corrected chi connectivity index (χ1v) is 11.4. The maximum atomic E-state index is 13.1. The van der Waals surface area contributed by atoms with Gasteiger partial charge in [-0.3, -0.25) is 14.9 Å². The summed E-state index contributed by atoms with van der Waals surface area (Å²) in [4.78, 5) is 23.1. The van der Waals surface area contributed by atoms with Crippen molar-refractivity contribution in [2.75, 3.05) is 32.6 Å². The highest BCUT2D eigenvalue weighted by Crippen LogP contribution is 2.32. The number of benzene rings is 2. The Morgan fingerprint density at radius 3 is 2.41 bits per heavy atom. The van der Waals surface area contributed by atoms with E-state index in [4.69, 9.17) is 9.47 Å². The maximum absolute atomic E-state index is 13.1.